The number of rotatable bonds is 3. The molecular weight excluding hydrogens is 430 g/mol. The van der Waals surface area contributed by atoms with Crippen LogP contribution in [0.15, 0.2) is 52.4 Å². The molecule has 2 heterocycles. The SMILES string of the molecule is Cc1cccc2sc(=NC(=O)c3ccc(S(=O)(=O)N4CC(C)CC(C)C4)cc3)n(C)c12. The molecule has 0 spiro atoms. The van der Waals surface area contributed by atoms with Gasteiger partial charge in [0.05, 0.1) is 15.1 Å². The van der Waals surface area contributed by atoms with Gasteiger partial charge in [-0.15, -0.1) is 0 Å². The van der Waals surface area contributed by atoms with E-state index in [0.29, 0.717) is 35.3 Å². The lowest BCUT2D eigenvalue weighted by Crippen LogP contribution is -2.42. The molecule has 0 radical (unpaired) electrons. The number of benzene rings is 2. The molecule has 3 aromatic rings. The van der Waals surface area contributed by atoms with Crippen LogP contribution >= 0.6 is 11.3 Å². The zero-order chi connectivity index (χ0) is 22.3. The summed E-state index contributed by atoms with van der Waals surface area (Å²) in [6.45, 7) is 7.26. The average Bonchev–Trinajstić information content (AvgIpc) is 3.04. The van der Waals surface area contributed by atoms with Crippen LogP contribution in [0.1, 0.15) is 36.2 Å². The molecule has 2 atom stereocenters. The van der Waals surface area contributed by atoms with Crippen LogP contribution in [0.3, 0.4) is 0 Å². The molecular formula is C23H27N3O3S2. The van der Waals surface area contributed by atoms with Crippen molar-refractivity contribution in [2.24, 2.45) is 23.9 Å². The van der Waals surface area contributed by atoms with Gasteiger partial charge in [-0.2, -0.15) is 9.30 Å². The highest BCUT2D eigenvalue weighted by atomic mass is 32.2. The van der Waals surface area contributed by atoms with Gasteiger partial charge >= 0.3 is 0 Å². The largest absolute Gasteiger partial charge is 0.319 e. The van der Waals surface area contributed by atoms with Gasteiger partial charge in [-0.05, 0) is 61.1 Å². The van der Waals surface area contributed by atoms with Crippen molar-refractivity contribution in [3.05, 3.63) is 58.4 Å². The Labute approximate surface area is 186 Å². The summed E-state index contributed by atoms with van der Waals surface area (Å²) < 4.78 is 30.6. The fraction of sp³-hybridized carbons (Fsp3) is 0.391. The number of fused-ring (bicyclic) bond motifs is 1. The fourth-order valence-corrected chi connectivity index (χ4v) is 7.15. The van der Waals surface area contributed by atoms with Crippen LogP contribution in [0.2, 0.25) is 0 Å². The number of hydrogen-bond acceptors (Lipinski definition) is 4. The van der Waals surface area contributed by atoms with Gasteiger partial charge < -0.3 is 4.57 Å². The number of carbonyl (C=O) groups excluding carboxylic acids is 1. The monoisotopic (exact) mass is 457 g/mol. The van der Waals surface area contributed by atoms with Crippen molar-refractivity contribution < 1.29 is 13.2 Å². The third-order valence-corrected chi connectivity index (χ3v) is 8.74. The Morgan fingerprint density at radius 1 is 1.06 bits per heavy atom. The van der Waals surface area contributed by atoms with Crippen LogP contribution in [0.5, 0.6) is 0 Å². The van der Waals surface area contributed by atoms with E-state index in [0.717, 1.165) is 22.2 Å². The molecule has 0 aliphatic carbocycles. The maximum atomic E-state index is 13.0. The number of aromatic nitrogens is 1. The van der Waals surface area contributed by atoms with Crippen molar-refractivity contribution in [1.82, 2.24) is 8.87 Å². The first-order chi connectivity index (χ1) is 14.7. The first kappa shape index (κ1) is 21.9. The molecule has 4 rings (SSSR count). The molecule has 0 N–H and O–H groups in total. The molecule has 0 bridgehead atoms. The Morgan fingerprint density at radius 3 is 2.32 bits per heavy atom. The predicted molar refractivity (Wildman–Crippen MR) is 124 cm³/mol. The van der Waals surface area contributed by atoms with Crippen LogP contribution in [0.25, 0.3) is 10.2 Å². The van der Waals surface area contributed by atoms with E-state index in [4.69, 9.17) is 0 Å². The lowest BCUT2D eigenvalue weighted by molar-refractivity contribution is 0.0998. The number of para-hydroxylation sites is 1. The third-order valence-electron chi connectivity index (χ3n) is 5.80. The van der Waals surface area contributed by atoms with E-state index in [1.165, 1.54) is 23.5 Å². The summed E-state index contributed by atoms with van der Waals surface area (Å²) in [5.74, 6) is 0.289. The van der Waals surface area contributed by atoms with Gasteiger partial charge in [-0.3, -0.25) is 4.79 Å². The minimum Gasteiger partial charge on any atom is -0.319 e. The lowest BCUT2D eigenvalue weighted by Gasteiger charge is -2.34. The normalized spacial score (nSPS) is 21.0. The minimum atomic E-state index is -3.57. The zero-order valence-electron chi connectivity index (χ0n) is 18.2. The summed E-state index contributed by atoms with van der Waals surface area (Å²) in [6, 6.07) is 12.2. The molecule has 164 valence electrons. The molecule has 1 fully saturated rings. The van der Waals surface area contributed by atoms with Gasteiger partial charge in [0.2, 0.25) is 10.0 Å². The summed E-state index contributed by atoms with van der Waals surface area (Å²) in [7, 11) is -1.67. The topological polar surface area (TPSA) is 71.7 Å². The molecule has 31 heavy (non-hydrogen) atoms. The fourth-order valence-electron chi connectivity index (χ4n) is 4.38. The van der Waals surface area contributed by atoms with Gasteiger partial charge in [-0.25, -0.2) is 8.42 Å². The molecule has 8 heteroatoms. The average molecular weight is 458 g/mol. The number of carbonyl (C=O) groups is 1. The molecule has 1 aromatic heterocycles. The quantitative estimate of drug-likeness (QED) is 0.598. The Morgan fingerprint density at radius 2 is 1.71 bits per heavy atom. The standard InChI is InChI=1S/C23H27N3O3S2/c1-15-12-16(2)14-26(13-15)31(28,29)19-10-8-18(9-11-19)22(27)24-23-25(4)21-17(3)6-5-7-20(21)30-23/h5-11,15-16H,12-14H2,1-4H3. The van der Waals surface area contributed by atoms with E-state index >= 15 is 0 Å². The Balaban J connectivity index is 1.61. The highest BCUT2D eigenvalue weighted by Crippen LogP contribution is 2.27. The number of thiazole rings is 1. The summed E-state index contributed by atoms with van der Waals surface area (Å²) in [5.41, 5.74) is 2.56. The zero-order valence-corrected chi connectivity index (χ0v) is 19.8. The van der Waals surface area contributed by atoms with E-state index in [-0.39, 0.29) is 10.8 Å². The Hall–Kier alpha value is -2.29. The molecule has 1 amide bonds. The van der Waals surface area contributed by atoms with Crippen molar-refractivity contribution in [3.8, 4) is 0 Å². The highest BCUT2D eigenvalue weighted by Gasteiger charge is 2.31. The maximum absolute atomic E-state index is 13.0. The van der Waals surface area contributed by atoms with Crippen LogP contribution in [0, 0.1) is 18.8 Å². The Kier molecular flexibility index (Phi) is 5.89. The van der Waals surface area contributed by atoms with E-state index in [2.05, 4.69) is 18.8 Å². The lowest BCUT2D eigenvalue weighted by atomic mass is 9.94. The van der Waals surface area contributed by atoms with Crippen molar-refractivity contribution in [2.75, 3.05) is 13.1 Å². The van der Waals surface area contributed by atoms with Crippen molar-refractivity contribution >= 4 is 37.5 Å². The highest BCUT2D eigenvalue weighted by molar-refractivity contribution is 7.89. The second kappa shape index (κ2) is 8.33. The predicted octanol–water partition coefficient (Wildman–Crippen LogP) is 3.96. The molecule has 2 unspecified atom stereocenters. The van der Waals surface area contributed by atoms with Gasteiger partial charge in [0.25, 0.3) is 5.91 Å². The first-order valence-electron chi connectivity index (χ1n) is 10.4. The molecule has 2 aromatic carbocycles. The number of amides is 1. The van der Waals surface area contributed by atoms with E-state index in [9.17, 15) is 13.2 Å². The van der Waals surface area contributed by atoms with Gasteiger partial charge in [-0.1, -0.05) is 37.3 Å². The second-order valence-electron chi connectivity index (χ2n) is 8.57. The minimum absolute atomic E-state index is 0.216. The molecule has 1 aliphatic heterocycles. The number of sulfonamides is 1. The van der Waals surface area contributed by atoms with E-state index in [1.807, 2.05) is 36.7 Å². The second-order valence-corrected chi connectivity index (χ2v) is 11.5. The van der Waals surface area contributed by atoms with Gasteiger partial charge in [0.1, 0.15) is 0 Å². The van der Waals surface area contributed by atoms with E-state index < -0.39 is 10.0 Å². The number of aryl methyl sites for hydroxylation is 2. The Bertz CT molecular complexity index is 1290. The number of nitrogens with zero attached hydrogens (tertiary/aromatic N) is 3. The summed E-state index contributed by atoms with van der Waals surface area (Å²) in [6.07, 6.45) is 1.04. The summed E-state index contributed by atoms with van der Waals surface area (Å²) in [5, 5.41) is 0. The summed E-state index contributed by atoms with van der Waals surface area (Å²) >= 11 is 1.46. The number of hydrogen-bond donors (Lipinski definition) is 0. The van der Waals surface area contributed by atoms with Crippen molar-refractivity contribution in [2.45, 2.75) is 32.1 Å². The molecule has 1 aliphatic rings. The van der Waals surface area contributed by atoms with Gasteiger partial charge in [0.15, 0.2) is 4.80 Å². The van der Waals surface area contributed by atoms with Gasteiger partial charge in [0, 0.05) is 25.7 Å². The summed E-state index contributed by atoms with van der Waals surface area (Å²) in [4.78, 5) is 17.9. The molecule has 0 saturated carbocycles. The van der Waals surface area contributed by atoms with Crippen molar-refractivity contribution in [1.29, 1.82) is 0 Å². The van der Waals surface area contributed by atoms with Crippen LogP contribution in [-0.4, -0.2) is 36.3 Å². The van der Waals surface area contributed by atoms with Crippen molar-refractivity contribution in [3.63, 3.8) is 0 Å². The third kappa shape index (κ3) is 4.24. The maximum Gasteiger partial charge on any atom is 0.279 e. The van der Waals surface area contributed by atoms with Crippen LogP contribution in [0.4, 0.5) is 0 Å². The molecule has 1 saturated heterocycles. The van der Waals surface area contributed by atoms with E-state index in [1.54, 1.807) is 16.4 Å². The smallest absolute Gasteiger partial charge is 0.279 e. The first-order valence-corrected chi connectivity index (χ1v) is 12.7. The molecule has 6 nitrogen and oxygen atoms in total. The van der Waals surface area contributed by atoms with Crippen LogP contribution < -0.4 is 4.80 Å². The number of piperidine rings is 1. The van der Waals surface area contributed by atoms with Crippen LogP contribution in [-0.2, 0) is 17.1 Å².